The van der Waals surface area contributed by atoms with E-state index in [0.29, 0.717) is 29.4 Å². The van der Waals surface area contributed by atoms with Crippen LogP contribution in [0.25, 0.3) is 0 Å². The summed E-state index contributed by atoms with van der Waals surface area (Å²) < 4.78 is 24.2. The maximum absolute atomic E-state index is 12.6. The van der Waals surface area contributed by atoms with E-state index in [2.05, 4.69) is 78.5 Å². The number of rotatable bonds is 12. The van der Waals surface area contributed by atoms with Crippen LogP contribution in [0.15, 0.2) is 71.0 Å². The van der Waals surface area contributed by atoms with Gasteiger partial charge in [0.15, 0.2) is 18.1 Å². The zero-order valence-electron chi connectivity index (χ0n) is 25.0. The highest BCUT2D eigenvalue weighted by Crippen LogP contribution is 2.35. The van der Waals surface area contributed by atoms with Gasteiger partial charge in [0.05, 0.1) is 38.7 Å². The molecule has 236 valence electrons. The molecule has 3 aromatic carbocycles. The third-order valence-corrected chi connectivity index (χ3v) is 8.17. The number of benzene rings is 3. The molecule has 0 unspecified atom stereocenters. The van der Waals surface area contributed by atoms with Gasteiger partial charge in [0.2, 0.25) is 0 Å². The molecular weight excluding hydrogens is 806 g/mol. The zero-order chi connectivity index (χ0) is 32.5. The van der Waals surface area contributed by atoms with Gasteiger partial charge in [0.25, 0.3) is 5.91 Å². The number of amides is 3. The number of esters is 1. The van der Waals surface area contributed by atoms with Gasteiger partial charge in [-0.05, 0) is 107 Å². The van der Waals surface area contributed by atoms with Crippen LogP contribution in [0.2, 0.25) is 0 Å². The number of methoxy groups -OCH3 is 1. The molecule has 0 saturated carbocycles. The van der Waals surface area contributed by atoms with Crippen molar-refractivity contribution in [3.63, 3.8) is 0 Å². The van der Waals surface area contributed by atoms with Crippen molar-refractivity contribution in [3.8, 4) is 17.2 Å². The van der Waals surface area contributed by atoms with Gasteiger partial charge < -0.3 is 29.6 Å². The average molecular weight is 838 g/mol. The first kappa shape index (κ1) is 34.0. The lowest BCUT2D eigenvalue weighted by atomic mass is 9.95. The lowest BCUT2D eigenvalue weighted by molar-refractivity contribution is -0.139. The third-order valence-electron chi connectivity index (χ3n) is 6.57. The molecule has 3 N–H and O–H groups in total. The van der Waals surface area contributed by atoms with E-state index in [4.69, 9.17) is 18.9 Å². The van der Waals surface area contributed by atoms with Gasteiger partial charge in [0.1, 0.15) is 12.4 Å². The number of allylic oxidation sites excluding steroid dienone is 1. The molecule has 0 saturated heterocycles. The number of hydrogen-bond acceptors (Lipinski definition) is 8. The fourth-order valence-electron chi connectivity index (χ4n) is 4.39. The van der Waals surface area contributed by atoms with Crippen LogP contribution >= 0.6 is 45.2 Å². The van der Waals surface area contributed by atoms with Crippen LogP contribution in [0, 0.1) is 14.1 Å². The summed E-state index contributed by atoms with van der Waals surface area (Å²) in [6, 6.07) is 15.7. The first-order valence-corrected chi connectivity index (χ1v) is 16.0. The summed E-state index contributed by atoms with van der Waals surface area (Å²) in [7, 11) is 1.45. The molecule has 4 rings (SSSR count). The third kappa shape index (κ3) is 9.09. The van der Waals surface area contributed by atoms with E-state index in [1.54, 1.807) is 38.3 Å². The zero-order valence-corrected chi connectivity index (χ0v) is 29.3. The Morgan fingerprint density at radius 1 is 1.00 bits per heavy atom. The predicted molar refractivity (Wildman–Crippen MR) is 185 cm³/mol. The van der Waals surface area contributed by atoms with E-state index >= 15 is 0 Å². The SMILES string of the molecule is CCOC(=O)C1=C(C)NC(=O)N[C@@H]1c1ccc(OCC(=O)N/N=C\c2cc(I)c(OCc3ccc(C)cc3)c(I)c2)c(OC)c1. The molecule has 3 aromatic rings. The van der Waals surface area contributed by atoms with Crippen LogP contribution in [-0.4, -0.2) is 44.4 Å². The molecule has 0 bridgehead atoms. The van der Waals surface area contributed by atoms with Crippen molar-refractivity contribution in [2.45, 2.75) is 33.4 Å². The number of carbonyl (C=O) groups is 3. The van der Waals surface area contributed by atoms with Crippen molar-refractivity contribution < 1.29 is 33.3 Å². The fourth-order valence-corrected chi connectivity index (χ4v) is 6.52. The Bertz CT molecular complexity index is 1620. The number of aryl methyl sites for hydroxylation is 1. The first-order valence-electron chi connectivity index (χ1n) is 13.8. The molecule has 45 heavy (non-hydrogen) atoms. The average Bonchev–Trinajstić information content (AvgIpc) is 3.00. The Labute approximate surface area is 288 Å². The number of carbonyl (C=O) groups excluding carboxylic acids is 3. The molecule has 0 fully saturated rings. The molecule has 1 heterocycles. The molecular formula is C32H32I2N4O7. The summed E-state index contributed by atoms with van der Waals surface area (Å²) in [6.07, 6.45) is 1.55. The summed E-state index contributed by atoms with van der Waals surface area (Å²) in [5.41, 5.74) is 6.78. The van der Waals surface area contributed by atoms with E-state index in [-0.39, 0.29) is 18.8 Å². The van der Waals surface area contributed by atoms with Crippen LogP contribution in [0.1, 0.15) is 42.1 Å². The quantitative estimate of drug-likeness (QED) is 0.0948. The minimum atomic E-state index is -0.765. The Hall–Kier alpha value is -3.86. The van der Waals surface area contributed by atoms with Crippen molar-refractivity contribution >= 4 is 69.3 Å². The second kappa shape index (κ2) is 15.9. The van der Waals surface area contributed by atoms with Crippen LogP contribution in [0.5, 0.6) is 17.2 Å². The molecule has 11 nitrogen and oxygen atoms in total. The Kier molecular flexibility index (Phi) is 12.0. The van der Waals surface area contributed by atoms with Gasteiger partial charge in [-0.2, -0.15) is 5.10 Å². The molecule has 1 aliphatic rings. The molecule has 1 aliphatic heterocycles. The van der Waals surface area contributed by atoms with Gasteiger partial charge in [-0.25, -0.2) is 15.0 Å². The van der Waals surface area contributed by atoms with E-state index in [0.717, 1.165) is 24.0 Å². The van der Waals surface area contributed by atoms with Gasteiger partial charge in [-0.15, -0.1) is 0 Å². The standard InChI is InChI=1S/C32H32I2N4O7/c1-5-43-31(40)28-19(3)36-32(41)37-29(28)22-10-11-25(26(14-22)42-4)44-17-27(39)38-35-15-21-12-23(33)30(24(34)13-21)45-16-20-8-6-18(2)7-9-20/h6-15,29H,5,16-17H2,1-4H3,(H,38,39)(H2,36,37,41)/b35-15-/t29-/m1/s1. The molecule has 0 radical (unpaired) electrons. The molecule has 1 atom stereocenters. The fraction of sp³-hybridized carbons (Fsp3) is 0.250. The summed E-state index contributed by atoms with van der Waals surface area (Å²) in [4.78, 5) is 37.3. The van der Waals surface area contributed by atoms with Crippen molar-refractivity contribution in [3.05, 3.63) is 95.3 Å². The van der Waals surface area contributed by atoms with E-state index in [1.165, 1.54) is 12.7 Å². The molecule has 0 aliphatic carbocycles. The molecule has 3 amide bonds. The molecule has 0 spiro atoms. The van der Waals surface area contributed by atoms with E-state index < -0.39 is 23.9 Å². The second-order valence-electron chi connectivity index (χ2n) is 9.87. The lowest BCUT2D eigenvalue weighted by Gasteiger charge is -2.28. The topological polar surface area (TPSA) is 137 Å². The minimum Gasteiger partial charge on any atom is -0.493 e. The summed E-state index contributed by atoms with van der Waals surface area (Å²) in [5, 5.41) is 9.40. The highest BCUT2D eigenvalue weighted by Gasteiger charge is 2.32. The second-order valence-corrected chi connectivity index (χ2v) is 12.2. The first-order chi connectivity index (χ1) is 21.6. The minimum absolute atomic E-state index is 0.188. The molecule has 0 aromatic heterocycles. The van der Waals surface area contributed by atoms with Crippen LogP contribution in [0.4, 0.5) is 4.79 Å². The van der Waals surface area contributed by atoms with Gasteiger partial charge >= 0.3 is 12.0 Å². The van der Waals surface area contributed by atoms with Gasteiger partial charge in [-0.1, -0.05) is 35.9 Å². The van der Waals surface area contributed by atoms with Crippen LogP contribution in [0.3, 0.4) is 0 Å². The number of nitrogens with zero attached hydrogens (tertiary/aromatic N) is 1. The van der Waals surface area contributed by atoms with Gasteiger partial charge in [-0.3, -0.25) is 4.79 Å². The lowest BCUT2D eigenvalue weighted by Crippen LogP contribution is -2.45. The highest BCUT2D eigenvalue weighted by atomic mass is 127. The number of hydrazone groups is 1. The van der Waals surface area contributed by atoms with Crippen molar-refractivity contribution in [2.75, 3.05) is 20.3 Å². The largest absolute Gasteiger partial charge is 0.493 e. The number of urea groups is 1. The van der Waals surface area contributed by atoms with Crippen molar-refractivity contribution in [1.29, 1.82) is 0 Å². The maximum Gasteiger partial charge on any atom is 0.338 e. The van der Waals surface area contributed by atoms with Crippen LogP contribution in [-0.2, 0) is 20.9 Å². The van der Waals surface area contributed by atoms with Crippen molar-refractivity contribution in [1.82, 2.24) is 16.1 Å². The number of nitrogens with one attached hydrogen (secondary N) is 3. The smallest absolute Gasteiger partial charge is 0.338 e. The Morgan fingerprint density at radius 2 is 1.71 bits per heavy atom. The summed E-state index contributed by atoms with van der Waals surface area (Å²) in [6.45, 7) is 5.71. The monoisotopic (exact) mass is 838 g/mol. The number of halogens is 2. The normalized spacial score (nSPS) is 14.4. The Morgan fingerprint density at radius 3 is 2.38 bits per heavy atom. The number of hydrogen-bond donors (Lipinski definition) is 3. The number of ether oxygens (including phenoxy) is 4. The molecule has 13 heteroatoms. The summed E-state index contributed by atoms with van der Waals surface area (Å²) in [5.74, 6) is 0.372. The van der Waals surface area contributed by atoms with Crippen LogP contribution < -0.4 is 30.3 Å². The van der Waals surface area contributed by atoms with Crippen molar-refractivity contribution in [2.24, 2.45) is 5.10 Å². The predicted octanol–water partition coefficient (Wildman–Crippen LogP) is 5.51. The van der Waals surface area contributed by atoms with E-state index in [1.807, 2.05) is 31.2 Å². The maximum atomic E-state index is 12.6. The summed E-state index contributed by atoms with van der Waals surface area (Å²) >= 11 is 4.44. The highest BCUT2D eigenvalue weighted by molar-refractivity contribution is 14.1. The van der Waals surface area contributed by atoms with Gasteiger partial charge in [0, 0.05) is 5.70 Å². The Balaban J connectivity index is 1.35. The van der Waals surface area contributed by atoms with E-state index in [9.17, 15) is 14.4 Å².